The number of ether oxygens (including phenoxy) is 1. The van der Waals surface area contributed by atoms with Crippen molar-refractivity contribution in [2.24, 2.45) is 5.92 Å². The third-order valence-electron chi connectivity index (χ3n) is 6.27. The second-order valence-corrected chi connectivity index (χ2v) is 8.75. The number of hydrogen-bond donors (Lipinski definition) is 1. The Labute approximate surface area is 165 Å². The normalized spacial score (nSPS) is 29.7. The Morgan fingerprint density at radius 3 is 1.96 bits per heavy atom. The highest BCUT2D eigenvalue weighted by Crippen LogP contribution is 2.44. The molecule has 1 N–H and O–H groups in total. The van der Waals surface area contributed by atoms with Crippen molar-refractivity contribution in [3.63, 3.8) is 0 Å². The summed E-state index contributed by atoms with van der Waals surface area (Å²) in [6.45, 7) is 3.88. The van der Waals surface area contributed by atoms with Crippen molar-refractivity contribution in [1.29, 1.82) is 0 Å². The van der Waals surface area contributed by atoms with E-state index in [1.807, 2.05) is 13.8 Å². The molecule has 0 bridgehead atoms. The largest absolute Gasteiger partial charge is 0.506 e. The Bertz CT molecular complexity index is 419. The molecule has 2 atom stereocenters. The van der Waals surface area contributed by atoms with E-state index in [9.17, 15) is 9.90 Å². The molecule has 0 radical (unpaired) electrons. The lowest BCUT2D eigenvalue weighted by atomic mass is 9.70. The summed E-state index contributed by atoms with van der Waals surface area (Å²) in [5.41, 5.74) is -0.777. The SMILES string of the molecule is CC(C)OOC1CCCCCCCCCCC1(OC(=O)O)C1CCCCC1. The van der Waals surface area contributed by atoms with Crippen LogP contribution in [0.5, 0.6) is 0 Å². The summed E-state index contributed by atoms with van der Waals surface area (Å²) >= 11 is 0. The molecule has 0 saturated heterocycles. The van der Waals surface area contributed by atoms with E-state index in [4.69, 9.17) is 14.5 Å². The van der Waals surface area contributed by atoms with E-state index >= 15 is 0 Å². The maximum absolute atomic E-state index is 11.8. The zero-order valence-electron chi connectivity index (χ0n) is 17.4. The van der Waals surface area contributed by atoms with Crippen molar-refractivity contribution in [3.05, 3.63) is 0 Å². The van der Waals surface area contributed by atoms with E-state index in [1.165, 1.54) is 32.1 Å². The van der Waals surface area contributed by atoms with Gasteiger partial charge in [0.2, 0.25) is 0 Å². The first-order valence-corrected chi connectivity index (χ1v) is 11.3. The fourth-order valence-electron chi connectivity index (χ4n) is 4.93. The lowest BCUT2D eigenvalue weighted by Gasteiger charge is -2.45. The number of carbonyl (C=O) groups is 1. The summed E-state index contributed by atoms with van der Waals surface area (Å²) in [7, 11) is 0. The van der Waals surface area contributed by atoms with E-state index in [2.05, 4.69) is 0 Å². The molecule has 0 heterocycles. The molecule has 0 aromatic carbocycles. The van der Waals surface area contributed by atoms with E-state index in [1.54, 1.807) is 0 Å². The molecule has 0 amide bonds. The summed E-state index contributed by atoms with van der Waals surface area (Å²) in [4.78, 5) is 23.2. The van der Waals surface area contributed by atoms with Crippen LogP contribution in [0.25, 0.3) is 0 Å². The Morgan fingerprint density at radius 1 is 0.852 bits per heavy atom. The highest BCUT2D eigenvalue weighted by atomic mass is 17.2. The highest BCUT2D eigenvalue weighted by Gasteiger charge is 2.50. The van der Waals surface area contributed by atoms with Crippen LogP contribution in [0.4, 0.5) is 4.79 Å². The van der Waals surface area contributed by atoms with E-state index in [0.717, 1.165) is 64.2 Å². The van der Waals surface area contributed by atoms with Crippen LogP contribution < -0.4 is 0 Å². The first-order chi connectivity index (χ1) is 13.0. The quantitative estimate of drug-likeness (QED) is 0.327. The van der Waals surface area contributed by atoms with Gasteiger partial charge in [-0.2, -0.15) is 0 Å². The molecule has 2 saturated carbocycles. The van der Waals surface area contributed by atoms with Crippen molar-refractivity contribution in [2.45, 2.75) is 128 Å². The number of carboxylic acid groups (broad SMARTS) is 1. The maximum atomic E-state index is 11.8. The van der Waals surface area contributed by atoms with Crippen LogP contribution in [-0.2, 0) is 14.5 Å². The van der Waals surface area contributed by atoms with Crippen molar-refractivity contribution in [3.8, 4) is 0 Å². The average molecular weight is 385 g/mol. The molecular formula is C22H40O5. The van der Waals surface area contributed by atoms with Crippen molar-refractivity contribution in [2.75, 3.05) is 0 Å². The zero-order valence-corrected chi connectivity index (χ0v) is 17.4. The Hall–Kier alpha value is -0.810. The van der Waals surface area contributed by atoms with Crippen LogP contribution in [0.15, 0.2) is 0 Å². The van der Waals surface area contributed by atoms with Crippen LogP contribution in [0.1, 0.15) is 110 Å². The predicted octanol–water partition coefficient (Wildman–Crippen LogP) is 6.64. The molecule has 2 unspecified atom stereocenters. The Morgan fingerprint density at radius 2 is 1.37 bits per heavy atom. The van der Waals surface area contributed by atoms with Gasteiger partial charge < -0.3 is 9.84 Å². The van der Waals surface area contributed by atoms with Crippen molar-refractivity contribution < 1.29 is 24.4 Å². The van der Waals surface area contributed by atoms with Gasteiger partial charge in [0.25, 0.3) is 0 Å². The smallest absolute Gasteiger partial charge is 0.450 e. The molecule has 2 aliphatic rings. The first-order valence-electron chi connectivity index (χ1n) is 11.3. The van der Waals surface area contributed by atoms with Crippen LogP contribution >= 0.6 is 0 Å². The summed E-state index contributed by atoms with van der Waals surface area (Å²) in [5, 5.41) is 9.63. The summed E-state index contributed by atoms with van der Waals surface area (Å²) in [5.74, 6) is 0.228. The van der Waals surface area contributed by atoms with Crippen molar-refractivity contribution in [1.82, 2.24) is 0 Å². The minimum atomic E-state index is -1.18. The van der Waals surface area contributed by atoms with E-state index in [-0.39, 0.29) is 18.1 Å². The predicted molar refractivity (Wildman–Crippen MR) is 106 cm³/mol. The van der Waals surface area contributed by atoms with Gasteiger partial charge >= 0.3 is 6.16 Å². The molecule has 158 valence electrons. The molecule has 0 spiro atoms. The second-order valence-electron chi connectivity index (χ2n) is 8.75. The fourth-order valence-corrected chi connectivity index (χ4v) is 4.93. The van der Waals surface area contributed by atoms with Gasteiger partial charge in [0.1, 0.15) is 11.7 Å². The summed E-state index contributed by atoms with van der Waals surface area (Å²) < 4.78 is 5.78. The van der Waals surface area contributed by atoms with Crippen LogP contribution in [0.3, 0.4) is 0 Å². The van der Waals surface area contributed by atoms with Gasteiger partial charge in [0, 0.05) is 5.92 Å². The third kappa shape index (κ3) is 7.26. The van der Waals surface area contributed by atoms with Gasteiger partial charge in [0.05, 0.1) is 6.10 Å². The summed E-state index contributed by atoms with van der Waals surface area (Å²) in [6.07, 6.45) is 14.9. The Kier molecular flexibility index (Phi) is 9.91. The highest BCUT2D eigenvalue weighted by molar-refractivity contribution is 5.57. The van der Waals surface area contributed by atoms with E-state index in [0.29, 0.717) is 0 Å². The lowest BCUT2D eigenvalue weighted by Crippen LogP contribution is -2.54. The topological polar surface area (TPSA) is 65.0 Å². The molecule has 0 aromatic rings. The van der Waals surface area contributed by atoms with Crippen LogP contribution in [0, 0.1) is 5.92 Å². The van der Waals surface area contributed by atoms with Gasteiger partial charge in [-0.05, 0) is 46.0 Å². The van der Waals surface area contributed by atoms with Crippen LogP contribution in [-0.4, -0.2) is 29.1 Å². The van der Waals surface area contributed by atoms with Gasteiger partial charge in [-0.25, -0.2) is 14.6 Å². The van der Waals surface area contributed by atoms with E-state index < -0.39 is 11.8 Å². The molecule has 0 aromatic heterocycles. The third-order valence-corrected chi connectivity index (χ3v) is 6.27. The molecule has 0 aliphatic heterocycles. The fraction of sp³-hybridized carbons (Fsp3) is 0.955. The lowest BCUT2D eigenvalue weighted by molar-refractivity contribution is -0.376. The number of hydrogen-bond acceptors (Lipinski definition) is 4. The first kappa shape index (κ1) is 22.5. The second kappa shape index (κ2) is 11.9. The molecule has 27 heavy (non-hydrogen) atoms. The molecule has 2 fully saturated rings. The maximum Gasteiger partial charge on any atom is 0.506 e. The van der Waals surface area contributed by atoms with Crippen molar-refractivity contribution >= 4 is 6.16 Å². The minimum Gasteiger partial charge on any atom is -0.450 e. The molecule has 5 heteroatoms. The average Bonchev–Trinajstić information content (AvgIpc) is 2.63. The molecule has 2 rings (SSSR count). The van der Waals surface area contributed by atoms with Crippen LogP contribution in [0.2, 0.25) is 0 Å². The molecule has 5 nitrogen and oxygen atoms in total. The minimum absolute atomic E-state index is 0.0553. The monoisotopic (exact) mass is 384 g/mol. The summed E-state index contributed by atoms with van der Waals surface area (Å²) in [6, 6.07) is 0. The molecule has 2 aliphatic carbocycles. The van der Waals surface area contributed by atoms with Gasteiger partial charge in [0.15, 0.2) is 0 Å². The van der Waals surface area contributed by atoms with Gasteiger partial charge in [-0.15, -0.1) is 0 Å². The zero-order chi connectivity index (χ0) is 19.5. The number of rotatable bonds is 5. The van der Waals surface area contributed by atoms with Gasteiger partial charge in [-0.1, -0.05) is 64.2 Å². The van der Waals surface area contributed by atoms with Gasteiger partial charge in [-0.3, -0.25) is 0 Å². The molecular weight excluding hydrogens is 344 g/mol. The standard InChI is InChI=1S/C22H40O5/c1-18(2)26-27-20-16-12-7-5-3-4-6-8-13-17-22(20,25-21(23)24)19-14-10-9-11-15-19/h18-20H,3-17H2,1-2H3,(H,23,24). The Balaban J connectivity index is 2.28.